The van der Waals surface area contributed by atoms with E-state index in [1.165, 1.54) is 12.1 Å². The Morgan fingerprint density at radius 1 is 0.971 bits per heavy atom. The average Bonchev–Trinajstić information content (AvgIpc) is 3.22. The highest BCUT2D eigenvalue weighted by Gasteiger charge is 2.31. The van der Waals surface area contributed by atoms with Gasteiger partial charge in [-0.05, 0) is 74.2 Å². The summed E-state index contributed by atoms with van der Waals surface area (Å²) in [6.45, 7) is 1.73. The zero-order valence-corrected chi connectivity index (χ0v) is 18.3. The monoisotopic (exact) mass is 476 g/mol. The molecule has 8 nitrogen and oxygen atoms in total. The van der Waals surface area contributed by atoms with Gasteiger partial charge in [-0.25, -0.2) is 4.79 Å². The van der Waals surface area contributed by atoms with Crippen molar-refractivity contribution in [1.29, 1.82) is 0 Å². The maximum absolute atomic E-state index is 12.2. The third-order valence-corrected chi connectivity index (χ3v) is 5.29. The van der Waals surface area contributed by atoms with Gasteiger partial charge in [0.05, 0.1) is 6.10 Å². The van der Waals surface area contributed by atoms with Crippen LogP contribution < -0.4 is 20.1 Å². The fourth-order valence-electron chi connectivity index (χ4n) is 3.70. The zero-order valence-electron chi connectivity index (χ0n) is 18.3. The third kappa shape index (κ3) is 6.63. The molecule has 0 bridgehead atoms. The van der Waals surface area contributed by atoms with Crippen molar-refractivity contribution >= 4 is 11.7 Å². The Bertz CT molecular complexity index is 1090. The van der Waals surface area contributed by atoms with Gasteiger partial charge in [-0.15, -0.1) is 23.4 Å². The number of carbonyl (C=O) groups is 1. The molecule has 0 saturated heterocycles. The van der Waals surface area contributed by atoms with E-state index in [1.54, 1.807) is 6.92 Å². The molecular formula is C23H23F3N4O4. The van der Waals surface area contributed by atoms with Crippen molar-refractivity contribution < 1.29 is 31.9 Å². The minimum atomic E-state index is -4.76. The number of hydrogen-bond donors (Lipinski definition) is 2. The standard InChI is InChI=1S/C23H23F3N4O4/c1-14-29-30-21(32-14)15-2-8-18(9-3-15)33-19-10-4-16(5-11-19)27-22(31)28-17-6-12-20(13-7-17)34-23(24,25)26/h2-3,6-9,12-13,16,19H,4-5,10-11H2,1H3,(H2,27,28,31). The van der Waals surface area contributed by atoms with Gasteiger partial charge in [0.2, 0.25) is 11.8 Å². The fraction of sp³-hybridized carbons (Fsp3) is 0.348. The van der Waals surface area contributed by atoms with E-state index in [0.29, 0.717) is 17.5 Å². The lowest BCUT2D eigenvalue weighted by Crippen LogP contribution is -2.41. The molecule has 180 valence electrons. The molecule has 2 amide bonds. The number of halogens is 3. The van der Waals surface area contributed by atoms with Crippen molar-refractivity contribution in [3.8, 4) is 23.0 Å². The van der Waals surface area contributed by atoms with E-state index in [4.69, 9.17) is 9.15 Å². The Kier molecular flexibility index (Phi) is 6.90. The largest absolute Gasteiger partial charge is 0.573 e. The molecule has 1 fully saturated rings. The van der Waals surface area contributed by atoms with Gasteiger partial charge in [-0.3, -0.25) is 0 Å². The number of benzene rings is 2. The lowest BCUT2D eigenvalue weighted by molar-refractivity contribution is -0.274. The first kappa shape index (κ1) is 23.4. The molecule has 11 heteroatoms. The minimum Gasteiger partial charge on any atom is -0.490 e. The van der Waals surface area contributed by atoms with Gasteiger partial charge in [-0.2, -0.15) is 0 Å². The molecule has 0 atom stereocenters. The molecule has 2 aromatic carbocycles. The lowest BCUT2D eigenvalue weighted by Gasteiger charge is -2.29. The van der Waals surface area contributed by atoms with Gasteiger partial charge in [-0.1, -0.05) is 0 Å². The third-order valence-electron chi connectivity index (χ3n) is 5.29. The normalized spacial score (nSPS) is 18.2. The number of amides is 2. The van der Waals surface area contributed by atoms with Gasteiger partial charge >= 0.3 is 12.4 Å². The van der Waals surface area contributed by atoms with Crippen LogP contribution in [0, 0.1) is 6.92 Å². The van der Waals surface area contributed by atoms with Gasteiger partial charge in [0.25, 0.3) is 0 Å². The highest BCUT2D eigenvalue weighted by Crippen LogP contribution is 2.27. The van der Waals surface area contributed by atoms with Crippen molar-refractivity contribution in [2.24, 2.45) is 0 Å². The van der Waals surface area contributed by atoms with Crippen LogP contribution in [0.1, 0.15) is 31.6 Å². The van der Waals surface area contributed by atoms with Crippen molar-refractivity contribution in [1.82, 2.24) is 15.5 Å². The first-order chi connectivity index (χ1) is 16.2. The van der Waals surface area contributed by atoms with Crippen LogP contribution in [0.3, 0.4) is 0 Å². The first-order valence-corrected chi connectivity index (χ1v) is 10.7. The topological polar surface area (TPSA) is 98.5 Å². The van der Waals surface area contributed by atoms with E-state index in [9.17, 15) is 18.0 Å². The zero-order chi connectivity index (χ0) is 24.1. The van der Waals surface area contributed by atoms with Crippen LogP contribution >= 0.6 is 0 Å². The number of aryl methyl sites for hydroxylation is 1. The molecular weight excluding hydrogens is 453 g/mol. The Balaban J connectivity index is 1.20. The number of urea groups is 1. The fourth-order valence-corrected chi connectivity index (χ4v) is 3.70. The molecule has 1 aromatic heterocycles. The lowest BCUT2D eigenvalue weighted by atomic mass is 9.93. The van der Waals surface area contributed by atoms with Crippen molar-refractivity contribution in [2.45, 2.75) is 51.1 Å². The maximum Gasteiger partial charge on any atom is 0.573 e. The van der Waals surface area contributed by atoms with Crippen molar-refractivity contribution in [2.75, 3.05) is 5.32 Å². The first-order valence-electron chi connectivity index (χ1n) is 10.7. The number of carbonyl (C=O) groups excluding carboxylic acids is 1. The summed E-state index contributed by atoms with van der Waals surface area (Å²) in [4.78, 5) is 12.2. The molecule has 0 aliphatic heterocycles. The van der Waals surface area contributed by atoms with E-state index in [-0.39, 0.29) is 17.9 Å². The Hall–Kier alpha value is -3.76. The molecule has 1 saturated carbocycles. The number of ether oxygens (including phenoxy) is 2. The second-order valence-electron chi connectivity index (χ2n) is 7.91. The van der Waals surface area contributed by atoms with Crippen molar-refractivity contribution in [3.63, 3.8) is 0 Å². The summed E-state index contributed by atoms with van der Waals surface area (Å²) < 4.78 is 52.0. The molecule has 3 aromatic rings. The predicted molar refractivity (Wildman–Crippen MR) is 116 cm³/mol. The van der Waals surface area contributed by atoms with Crippen LogP contribution in [-0.2, 0) is 0 Å². The van der Waals surface area contributed by atoms with Crippen LogP contribution in [0.2, 0.25) is 0 Å². The van der Waals surface area contributed by atoms with E-state index in [0.717, 1.165) is 49.1 Å². The molecule has 1 aliphatic carbocycles. The minimum absolute atomic E-state index is 0.0178. The molecule has 4 rings (SSSR count). The summed E-state index contributed by atoms with van der Waals surface area (Å²) in [6.07, 6.45) is -1.67. The second kappa shape index (κ2) is 10.0. The Morgan fingerprint density at radius 3 is 2.21 bits per heavy atom. The highest BCUT2D eigenvalue weighted by molar-refractivity contribution is 5.89. The van der Waals surface area contributed by atoms with Crippen LogP contribution in [0.4, 0.5) is 23.7 Å². The van der Waals surface area contributed by atoms with E-state index in [2.05, 4.69) is 25.6 Å². The summed E-state index contributed by atoms with van der Waals surface area (Å²) in [5, 5.41) is 13.3. The molecule has 1 heterocycles. The van der Waals surface area contributed by atoms with Crippen molar-refractivity contribution in [3.05, 3.63) is 54.4 Å². The SMILES string of the molecule is Cc1nnc(-c2ccc(OC3CCC(NC(=O)Nc4ccc(OC(F)(F)F)cc4)CC3)cc2)o1. The average molecular weight is 476 g/mol. The summed E-state index contributed by atoms with van der Waals surface area (Å²) in [5.41, 5.74) is 1.18. The van der Waals surface area contributed by atoms with Crippen LogP contribution in [-0.4, -0.2) is 34.7 Å². The Labute approximate surface area is 193 Å². The Morgan fingerprint density at radius 2 is 1.62 bits per heavy atom. The van der Waals surface area contributed by atoms with E-state index >= 15 is 0 Å². The summed E-state index contributed by atoms with van der Waals surface area (Å²) in [5.74, 6) is 1.35. The summed E-state index contributed by atoms with van der Waals surface area (Å²) in [6, 6.07) is 12.0. The maximum atomic E-state index is 12.2. The van der Waals surface area contributed by atoms with E-state index in [1.807, 2.05) is 24.3 Å². The molecule has 0 radical (unpaired) electrons. The molecule has 0 spiro atoms. The number of aromatic nitrogens is 2. The predicted octanol–water partition coefficient (Wildman–Crippen LogP) is 5.46. The molecule has 1 aliphatic rings. The van der Waals surface area contributed by atoms with Crippen LogP contribution in [0.15, 0.2) is 52.9 Å². The van der Waals surface area contributed by atoms with Gasteiger partial charge in [0.1, 0.15) is 11.5 Å². The van der Waals surface area contributed by atoms with Crippen LogP contribution in [0.5, 0.6) is 11.5 Å². The van der Waals surface area contributed by atoms with Crippen LogP contribution in [0.25, 0.3) is 11.5 Å². The molecule has 2 N–H and O–H groups in total. The van der Waals surface area contributed by atoms with Gasteiger partial charge < -0.3 is 24.5 Å². The molecule has 0 unspecified atom stereocenters. The number of anilines is 1. The summed E-state index contributed by atoms with van der Waals surface area (Å²) in [7, 11) is 0. The smallest absolute Gasteiger partial charge is 0.490 e. The second-order valence-corrected chi connectivity index (χ2v) is 7.91. The summed E-state index contributed by atoms with van der Waals surface area (Å²) >= 11 is 0. The van der Waals surface area contributed by atoms with Gasteiger partial charge in [0.15, 0.2) is 0 Å². The molecule has 34 heavy (non-hydrogen) atoms. The quantitative estimate of drug-likeness (QED) is 0.491. The number of nitrogens with zero attached hydrogens (tertiary/aromatic N) is 2. The van der Waals surface area contributed by atoms with E-state index < -0.39 is 12.4 Å². The number of alkyl halides is 3. The highest BCUT2D eigenvalue weighted by atomic mass is 19.4. The van der Waals surface area contributed by atoms with Gasteiger partial charge in [0, 0.05) is 24.2 Å². The number of hydrogen-bond acceptors (Lipinski definition) is 6. The number of rotatable bonds is 6. The number of nitrogens with one attached hydrogen (secondary N) is 2.